The van der Waals surface area contributed by atoms with Crippen molar-refractivity contribution in [2.24, 2.45) is 0 Å². The van der Waals surface area contributed by atoms with Crippen molar-refractivity contribution in [2.45, 2.75) is 20.3 Å². The van der Waals surface area contributed by atoms with Crippen molar-refractivity contribution in [2.75, 3.05) is 18.5 Å². The van der Waals surface area contributed by atoms with Gasteiger partial charge in [-0.2, -0.15) is 9.37 Å². The van der Waals surface area contributed by atoms with Crippen molar-refractivity contribution < 1.29 is 9.13 Å². The van der Waals surface area contributed by atoms with Crippen molar-refractivity contribution in [3.8, 4) is 5.88 Å². The summed E-state index contributed by atoms with van der Waals surface area (Å²) in [4.78, 5) is 7.74. The van der Waals surface area contributed by atoms with E-state index in [0.717, 1.165) is 19.2 Å². The summed E-state index contributed by atoms with van der Waals surface area (Å²) in [5.41, 5.74) is 0. The molecule has 1 heterocycles. The lowest BCUT2D eigenvalue weighted by atomic mass is 10.5. The van der Waals surface area contributed by atoms with Crippen LogP contribution in [0.1, 0.15) is 20.3 Å². The van der Waals surface area contributed by atoms with Gasteiger partial charge in [-0.05, 0) is 13.3 Å². The lowest BCUT2D eigenvalue weighted by Crippen LogP contribution is -2.07. The standard InChI is InChI=1S/C11H16FN3O/c1-3-5-7-16-10-9(12)8-14-11(15-10)13-6-4-2/h3,5,8H,4,6-7H2,1-2H3,(H,13,14,15)/b5-3+. The van der Waals surface area contributed by atoms with Crippen LogP contribution in [0, 0.1) is 5.82 Å². The first-order valence-electron chi connectivity index (χ1n) is 5.28. The van der Waals surface area contributed by atoms with Crippen LogP contribution in [-0.4, -0.2) is 23.1 Å². The van der Waals surface area contributed by atoms with Crippen LogP contribution in [-0.2, 0) is 0 Å². The molecule has 0 saturated heterocycles. The number of allylic oxidation sites excluding steroid dienone is 1. The van der Waals surface area contributed by atoms with E-state index in [1.54, 1.807) is 6.08 Å². The van der Waals surface area contributed by atoms with Crippen LogP contribution in [0.2, 0.25) is 0 Å². The van der Waals surface area contributed by atoms with Gasteiger partial charge in [-0.15, -0.1) is 0 Å². The van der Waals surface area contributed by atoms with E-state index in [9.17, 15) is 4.39 Å². The summed E-state index contributed by atoms with van der Waals surface area (Å²) in [5.74, 6) is -0.183. The molecule has 0 amide bonds. The van der Waals surface area contributed by atoms with Gasteiger partial charge in [0.15, 0.2) is 0 Å². The van der Waals surface area contributed by atoms with Crippen molar-refractivity contribution >= 4 is 5.95 Å². The second kappa shape index (κ2) is 6.76. The molecule has 0 spiro atoms. The number of ether oxygens (including phenoxy) is 1. The molecular formula is C11H16FN3O. The minimum Gasteiger partial charge on any atom is -0.471 e. The summed E-state index contributed by atoms with van der Waals surface area (Å²) in [6.07, 6.45) is 5.67. The third kappa shape index (κ3) is 3.84. The third-order valence-corrected chi connectivity index (χ3v) is 1.80. The van der Waals surface area contributed by atoms with E-state index < -0.39 is 5.82 Å². The van der Waals surface area contributed by atoms with Gasteiger partial charge in [-0.1, -0.05) is 19.1 Å². The van der Waals surface area contributed by atoms with E-state index in [1.165, 1.54) is 0 Å². The molecule has 16 heavy (non-hydrogen) atoms. The molecule has 0 bridgehead atoms. The minimum absolute atomic E-state index is 0.0216. The van der Waals surface area contributed by atoms with E-state index in [1.807, 2.05) is 19.9 Å². The van der Waals surface area contributed by atoms with E-state index in [-0.39, 0.29) is 5.88 Å². The van der Waals surface area contributed by atoms with Gasteiger partial charge in [0, 0.05) is 6.54 Å². The van der Waals surface area contributed by atoms with Gasteiger partial charge in [0.25, 0.3) is 5.88 Å². The Bertz CT molecular complexity index is 355. The zero-order valence-electron chi connectivity index (χ0n) is 9.53. The van der Waals surface area contributed by atoms with E-state index in [0.29, 0.717) is 12.6 Å². The van der Waals surface area contributed by atoms with E-state index >= 15 is 0 Å². The molecular weight excluding hydrogens is 209 g/mol. The first kappa shape index (κ1) is 12.4. The smallest absolute Gasteiger partial charge is 0.255 e. The van der Waals surface area contributed by atoms with Gasteiger partial charge in [0.1, 0.15) is 6.61 Å². The molecule has 88 valence electrons. The minimum atomic E-state index is -0.549. The second-order valence-corrected chi connectivity index (χ2v) is 3.15. The van der Waals surface area contributed by atoms with Crippen LogP contribution < -0.4 is 10.1 Å². The Kier molecular flexibility index (Phi) is 5.25. The van der Waals surface area contributed by atoms with Crippen molar-refractivity contribution in [3.05, 3.63) is 24.2 Å². The summed E-state index contributed by atoms with van der Waals surface area (Å²) >= 11 is 0. The zero-order valence-corrected chi connectivity index (χ0v) is 9.53. The Hall–Kier alpha value is -1.65. The predicted octanol–water partition coefficient (Wildman–Crippen LogP) is 2.39. The van der Waals surface area contributed by atoms with Gasteiger partial charge < -0.3 is 10.1 Å². The first-order valence-corrected chi connectivity index (χ1v) is 5.28. The summed E-state index contributed by atoms with van der Waals surface area (Å²) in [6, 6.07) is 0. The number of nitrogens with one attached hydrogen (secondary N) is 1. The molecule has 0 unspecified atom stereocenters. The highest BCUT2D eigenvalue weighted by Gasteiger charge is 2.06. The fourth-order valence-electron chi connectivity index (χ4n) is 0.998. The monoisotopic (exact) mass is 225 g/mol. The van der Waals surface area contributed by atoms with Crippen LogP contribution in [0.5, 0.6) is 5.88 Å². The molecule has 0 radical (unpaired) electrons. The van der Waals surface area contributed by atoms with Gasteiger partial charge >= 0.3 is 0 Å². The molecule has 1 aromatic heterocycles. The molecule has 0 aliphatic carbocycles. The second-order valence-electron chi connectivity index (χ2n) is 3.15. The van der Waals surface area contributed by atoms with Crippen LogP contribution in [0.25, 0.3) is 0 Å². The number of nitrogens with zero attached hydrogens (tertiary/aromatic N) is 2. The number of hydrogen-bond donors (Lipinski definition) is 1. The molecule has 0 atom stereocenters. The van der Waals surface area contributed by atoms with Crippen molar-refractivity contribution in [1.82, 2.24) is 9.97 Å². The number of aromatic nitrogens is 2. The van der Waals surface area contributed by atoms with Gasteiger partial charge in [0.05, 0.1) is 6.20 Å². The summed E-state index contributed by atoms with van der Waals surface area (Å²) in [6.45, 7) is 4.95. The fraction of sp³-hybridized carbons (Fsp3) is 0.455. The molecule has 0 aliphatic rings. The highest BCUT2D eigenvalue weighted by Crippen LogP contribution is 2.14. The molecule has 1 rings (SSSR count). The lowest BCUT2D eigenvalue weighted by Gasteiger charge is -2.06. The molecule has 4 nitrogen and oxygen atoms in total. The van der Waals surface area contributed by atoms with E-state index in [4.69, 9.17) is 4.74 Å². The topological polar surface area (TPSA) is 47.0 Å². The molecule has 5 heteroatoms. The Morgan fingerprint density at radius 2 is 2.38 bits per heavy atom. The molecule has 1 N–H and O–H groups in total. The average Bonchev–Trinajstić information content (AvgIpc) is 2.30. The van der Waals surface area contributed by atoms with Gasteiger partial charge in [-0.25, -0.2) is 4.98 Å². The summed E-state index contributed by atoms with van der Waals surface area (Å²) in [7, 11) is 0. The largest absolute Gasteiger partial charge is 0.471 e. The van der Waals surface area contributed by atoms with Crippen LogP contribution >= 0.6 is 0 Å². The van der Waals surface area contributed by atoms with Crippen molar-refractivity contribution in [1.29, 1.82) is 0 Å². The fourth-order valence-corrected chi connectivity index (χ4v) is 0.998. The molecule has 1 aromatic rings. The maximum absolute atomic E-state index is 13.2. The number of anilines is 1. The Labute approximate surface area is 94.6 Å². The lowest BCUT2D eigenvalue weighted by molar-refractivity contribution is 0.325. The van der Waals surface area contributed by atoms with Crippen LogP contribution in [0.15, 0.2) is 18.3 Å². The summed E-state index contributed by atoms with van der Waals surface area (Å²) < 4.78 is 18.4. The maximum Gasteiger partial charge on any atom is 0.255 e. The normalized spacial score (nSPS) is 10.7. The van der Waals surface area contributed by atoms with E-state index in [2.05, 4.69) is 15.3 Å². The Morgan fingerprint density at radius 3 is 3.06 bits per heavy atom. The summed E-state index contributed by atoms with van der Waals surface area (Å²) in [5, 5.41) is 2.97. The number of hydrogen-bond acceptors (Lipinski definition) is 4. The SMILES string of the molecule is C/C=C/COc1nc(NCCC)ncc1F. The maximum atomic E-state index is 13.2. The van der Waals surface area contributed by atoms with Crippen molar-refractivity contribution in [3.63, 3.8) is 0 Å². The molecule has 0 aliphatic heterocycles. The van der Waals surface area contributed by atoms with Gasteiger partial charge in [-0.3, -0.25) is 0 Å². The quantitative estimate of drug-likeness (QED) is 0.755. The number of rotatable bonds is 6. The Balaban J connectivity index is 2.66. The predicted molar refractivity (Wildman–Crippen MR) is 61.1 cm³/mol. The Morgan fingerprint density at radius 1 is 1.56 bits per heavy atom. The highest BCUT2D eigenvalue weighted by atomic mass is 19.1. The molecule has 0 fully saturated rings. The molecule has 0 aromatic carbocycles. The highest BCUT2D eigenvalue weighted by molar-refractivity contribution is 5.28. The van der Waals surface area contributed by atoms with Gasteiger partial charge in [0.2, 0.25) is 11.8 Å². The zero-order chi connectivity index (χ0) is 11.8. The van der Waals surface area contributed by atoms with Crippen LogP contribution in [0.4, 0.5) is 10.3 Å². The molecule has 0 saturated carbocycles. The average molecular weight is 225 g/mol. The van der Waals surface area contributed by atoms with Crippen LogP contribution in [0.3, 0.4) is 0 Å². The number of halogens is 1. The third-order valence-electron chi connectivity index (χ3n) is 1.80. The first-order chi connectivity index (χ1) is 7.77.